The van der Waals surface area contributed by atoms with E-state index in [2.05, 4.69) is 51.2 Å². The van der Waals surface area contributed by atoms with Gasteiger partial charge in [-0.3, -0.25) is 4.90 Å². The number of benzene rings is 1. The van der Waals surface area contributed by atoms with Crippen molar-refractivity contribution in [3.05, 3.63) is 59.6 Å². The fourth-order valence-corrected chi connectivity index (χ4v) is 3.49. The number of aromatic nitrogens is 3. The van der Waals surface area contributed by atoms with Crippen molar-refractivity contribution in [2.75, 3.05) is 25.5 Å². The Balaban J connectivity index is 1.50. The Kier molecular flexibility index (Phi) is 4.90. The number of hydrogen-bond acceptors (Lipinski definition) is 6. The maximum atomic E-state index is 5.63. The minimum Gasteiger partial charge on any atom is -0.363 e. The van der Waals surface area contributed by atoms with Crippen LogP contribution in [0.1, 0.15) is 35.9 Å². The van der Waals surface area contributed by atoms with Crippen LogP contribution in [-0.2, 0) is 6.54 Å². The van der Waals surface area contributed by atoms with E-state index in [-0.39, 0.29) is 6.04 Å². The molecule has 0 amide bonds. The van der Waals surface area contributed by atoms with Crippen molar-refractivity contribution in [1.29, 1.82) is 0 Å². The summed E-state index contributed by atoms with van der Waals surface area (Å²) in [5, 5.41) is 4.19. The van der Waals surface area contributed by atoms with Crippen molar-refractivity contribution < 1.29 is 4.52 Å². The summed E-state index contributed by atoms with van der Waals surface area (Å²) in [6.45, 7) is 4.07. The van der Waals surface area contributed by atoms with Gasteiger partial charge < -0.3 is 9.42 Å². The first-order valence-corrected chi connectivity index (χ1v) is 9.37. The zero-order valence-corrected chi connectivity index (χ0v) is 16.1. The average Bonchev–Trinajstić information content (AvgIpc) is 3.33. The third kappa shape index (κ3) is 3.85. The molecule has 0 bridgehead atoms. The summed E-state index contributed by atoms with van der Waals surface area (Å²) >= 11 is 0. The van der Waals surface area contributed by atoms with Gasteiger partial charge in [0.1, 0.15) is 5.82 Å². The topological polar surface area (TPSA) is 58.3 Å². The first-order chi connectivity index (χ1) is 13.1. The molecule has 0 aliphatic carbocycles. The summed E-state index contributed by atoms with van der Waals surface area (Å²) in [7, 11) is 3.94. The van der Waals surface area contributed by atoms with Crippen LogP contribution >= 0.6 is 0 Å². The minimum absolute atomic E-state index is 0.182. The van der Waals surface area contributed by atoms with Crippen molar-refractivity contribution >= 4 is 5.82 Å². The van der Waals surface area contributed by atoms with Gasteiger partial charge in [-0.1, -0.05) is 35.0 Å². The highest BCUT2D eigenvalue weighted by atomic mass is 16.5. The minimum atomic E-state index is 0.182. The molecule has 2 aromatic heterocycles. The average molecular weight is 363 g/mol. The quantitative estimate of drug-likeness (QED) is 0.686. The Labute approximate surface area is 159 Å². The van der Waals surface area contributed by atoms with Crippen LogP contribution in [0.25, 0.3) is 11.4 Å². The highest BCUT2D eigenvalue weighted by Gasteiger charge is 2.30. The molecule has 0 N–H and O–H groups in total. The van der Waals surface area contributed by atoms with E-state index in [1.54, 1.807) is 6.20 Å². The van der Waals surface area contributed by atoms with Crippen molar-refractivity contribution in [3.8, 4) is 11.4 Å². The molecular weight excluding hydrogens is 338 g/mol. The van der Waals surface area contributed by atoms with Crippen LogP contribution in [0.3, 0.4) is 0 Å². The molecule has 0 spiro atoms. The normalized spacial score (nSPS) is 17.4. The molecule has 0 radical (unpaired) electrons. The number of hydrogen-bond donors (Lipinski definition) is 0. The molecule has 1 aliphatic rings. The van der Waals surface area contributed by atoms with Gasteiger partial charge in [0.2, 0.25) is 11.7 Å². The van der Waals surface area contributed by atoms with Crippen LogP contribution in [-0.4, -0.2) is 40.7 Å². The van der Waals surface area contributed by atoms with Gasteiger partial charge >= 0.3 is 0 Å². The van der Waals surface area contributed by atoms with Crippen LogP contribution < -0.4 is 4.90 Å². The Bertz CT molecular complexity index is 886. The predicted molar refractivity (Wildman–Crippen MR) is 105 cm³/mol. The van der Waals surface area contributed by atoms with E-state index in [0.29, 0.717) is 11.7 Å². The van der Waals surface area contributed by atoms with Gasteiger partial charge in [0.25, 0.3) is 0 Å². The highest BCUT2D eigenvalue weighted by molar-refractivity contribution is 5.55. The standard InChI is InChI=1S/C21H25N5O/c1-15-6-8-16(9-7-15)14-26-12-4-5-18(26)21-23-20(24-27-21)17-10-11-19(22-13-17)25(2)3/h6-11,13,18H,4-5,12,14H2,1-3H3/t18-/m0/s1. The smallest absolute Gasteiger partial charge is 0.244 e. The predicted octanol–water partition coefficient (Wildman–Crippen LogP) is 3.84. The van der Waals surface area contributed by atoms with Crippen LogP contribution in [0.5, 0.6) is 0 Å². The molecule has 0 saturated carbocycles. The molecule has 1 atom stereocenters. The maximum absolute atomic E-state index is 5.63. The second kappa shape index (κ2) is 7.48. The van der Waals surface area contributed by atoms with E-state index >= 15 is 0 Å². The second-order valence-electron chi connectivity index (χ2n) is 7.37. The SMILES string of the molecule is Cc1ccc(CN2CCC[C@H]2c2nc(-c3ccc(N(C)C)nc3)no2)cc1. The van der Waals surface area contributed by atoms with Crippen molar-refractivity contribution in [1.82, 2.24) is 20.0 Å². The van der Waals surface area contributed by atoms with Crippen LogP contribution in [0.2, 0.25) is 0 Å². The number of pyridine rings is 1. The van der Waals surface area contributed by atoms with Crippen LogP contribution in [0.4, 0.5) is 5.82 Å². The second-order valence-corrected chi connectivity index (χ2v) is 7.37. The molecule has 4 rings (SSSR count). The van der Waals surface area contributed by atoms with Gasteiger partial charge in [-0.25, -0.2) is 4.98 Å². The van der Waals surface area contributed by atoms with Gasteiger partial charge in [0.15, 0.2) is 0 Å². The summed E-state index contributed by atoms with van der Waals surface area (Å²) in [6.07, 6.45) is 3.99. The highest BCUT2D eigenvalue weighted by Crippen LogP contribution is 2.33. The van der Waals surface area contributed by atoms with E-state index < -0.39 is 0 Å². The fourth-order valence-electron chi connectivity index (χ4n) is 3.49. The number of nitrogens with zero attached hydrogens (tertiary/aromatic N) is 5. The van der Waals surface area contributed by atoms with E-state index in [0.717, 1.165) is 37.3 Å². The van der Waals surface area contributed by atoms with E-state index in [4.69, 9.17) is 4.52 Å². The van der Waals surface area contributed by atoms with Gasteiger partial charge in [0, 0.05) is 32.4 Å². The lowest BCUT2D eigenvalue weighted by Crippen LogP contribution is -2.23. The number of anilines is 1. The Morgan fingerprint density at radius 3 is 2.67 bits per heavy atom. The Morgan fingerprint density at radius 1 is 1.15 bits per heavy atom. The molecule has 6 heteroatoms. The summed E-state index contributed by atoms with van der Waals surface area (Å²) in [5.74, 6) is 2.21. The maximum Gasteiger partial charge on any atom is 0.244 e. The lowest BCUT2D eigenvalue weighted by atomic mass is 10.1. The molecule has 1 aliphatic heterocycles. The monoisotopic (exact) mass is 363 g/mol. The van der Waals surface area contributed by atoms with E-state index in [9.17, 15) is 0 Å². The Hall–Kier alpha value is -2.73. The lowest BCUT2D eigenvalue weighted by molar-refractivity contribution is 0.201. The molecule has 1 saturated heterocycles. The van der Waals surface area contributed by atoms with E-state index in [1.807, 2.05) is 31.1 Å². The lowest BCUT2D eigenvalue weighted by Gasteiger charge is -2.21. The first-order valence-electron chi connectivity index (χ1n) is 9.37. The molecule has 3 aromatic rings. The van der Waals surface area contributed by atoms with Crippen molar-refractivity contribution in [3.63, 3.8) is 0 Å². The number of rotatable bonds is 5. The summed E-state index contributed by atoms with van der Waals surface area (Å²) < 4.78 is 5.63. The zero-order valence-electron chi connectivity index (χ0n) is 16.1. The van der Waals surface area contributed by atoms with Gasteiger partial charge in [0.05, 0.1) is 6.04 Å². The summed E-state index contributed by atoms with van der Waals surface area (Å²) in [5.41, 5.74) is 3.47. The van der Waals surface area contributed by atoms with Crippen molar-refractivity contribution in [2.45, 2.75) is 32.4 Å². The summed E-state index contributed by atoms with van der Waals surface area (Å²) in [6, 6.07) is 12.8. The van der Waals surface area contributed by atoms with E-state index in [1.165, 1.54) is 11.1 Å². The van der Waals surface area contributed by atoms with Crippen LogP contribution in [0, 0.1) is 6.92 Å². The molecule has 1 fully saturated rings. The van der Waals surface area contributed by atoms with Crippen molar-refractivity contribution in [2.24, 2.45) is 0 Å². The molecule has 0 unspecified atom stereocenters. The number of likely N-dealkylation sites (tertiary alicyclic amines) is 1. The zero-order chi connectivity index (χ0) is 18.8. The largest absolute Gasteiger partial charge is 0.363 e. The molecule has 140 valence electrons. The number of aryl methyl sites for hydroxylation is 1. The first kappa shape index (κ1) is 17.7. The van der Waals surface area contributed by atoms with Crippen LogP contribution in [0.15, 0.2) is 47.1 Å². The van der Waals surface area contributed by atoms with Gasteiger partial charge in [-0.05, 0) is 44.0 Å². The Morgan fingerprint density at radius 2 is 1.96 bits per heavy atom. The van der Waals surface area contributed by atoms with Gasteiger partial charge in [-0.15, -0.1) is 0 Å². The molecule has 27 heavy (non-hydrogen) atoms. The fraction of sp³-hybridized carbons (Fsp3) is 0.381. The molecule has 6 nitrogen and oxygen atoms in total. The molecule has 1 aromatic carbocycles. The third-order valence-electron chi connectivity index (χ3n) is 5.06. The summed E-state index contributed by atoms with van der Waals surface area (Å²) in [4.78, 5) is 13.5. The van der Waals surface area contributed by atoms with Gasteiger partial charge in [-0.2, -0.15) is 4.98 Å². The molecule has 3 heterocycles. The molecular formula is C21H25N5O. The third-order valence-corrected chi connectivity index (χ3v) is 5.06.